The van der Waals surface area contributed by atoms with Gasteiger partial charge in [-0.3, -0.25) is 9.59 Å². The fourth-order valence-electron chi connectivity index (χ4n) is 1.75. The molecule has 4 heteroatoms. The third-order valence-electron chi connectivity index (χ3n) is 2.65. The zero-order valence-corrected chi connectivity index (χ0v) is 9.10. The quantitative estimate of drug-likeness (QED) is 0.706. The lowest BCUT2D eigenvalue weighted by atomic mass is 10.1. The molecule has 16 heavy (non-hydrogen) atoms. The Labute approximate surface area is 93.8 Å². The lowest BCUT2D eigenvalue weighted by molar-refractivity contribution is -0.128. The van der Waals surface area contributed by atoms with E-state index in [4.69, 9.17) is 4.74 Å². The number of piperidine rings is 1. The molecule has 1 aliphatic rings. The molecule has 0 bridgehead atoms. The maximum Gasteiger partial charge on any atom is 0.234 e. The van der Waals surface area contributed by atoms with Crippen molar-refractivity contribution in [2.24, 2.45) is 0 Å². The molecule has 1 aliphatic heterocycles. The van der Waals surface area contributed by atoms with Crippen molar-refractivity contribution in [3.05, 3.63) is 24.3 Å². The highest BCUT2D eigenvalue weighted by atomic mass is 16.5. The summed E-state index contributed by atoms with van der Waals surface area (Å²) in [6.07, 6.45) is 0.462. The van der Waals surface area contributed by atoms with Crippen LogP contribution in [0.4, 0.5) is 5.69 Å². The van der Waals surface area contributed by atoms with Gasteiger partial charge in [0.1, 0.15) is 11.5 Å². The molecule has 2 rings (SSSR count). The first kappa shape index (κ1) is 10.7. The van der Waals surface area contributed by atoms with Crippen LogP contribution in [0.1, 0.15) is 12.8 Å². The normalized spacial score (nSPS) is 16.4. The van der Waals surface area contributed by atoms with E-state index in [1.54, 1.807) is 24.1 Å². The average Bonchev–Trinajstić information content (AvgIpc) is 2.29. The van der Waals surface area contributed by atoms with E-state index in [9.17, 15) is 9.59 Å². The molecule has 1 saturated heterocycles. The van der Waals surface area contributed by atoms with Crippen LogP contribution in [-0.2, 0) is 9.59 Å². The van der Waals surface area contributed by atoms with E-state index >= 15 is 0 Å². The summed E-state index contributed by atoms with van der Waals surface area (Å²) >= 11 is 0. The van der Waals surface area contributed by atoms with Crippen molar-refractivity contribution in [3.63, 3.8) is 0 Å². The number of carbonyl (C=O) groups is 2. The van der Waals surface area contributed by atoms with E-state index in [1.165, 1.54) is 0 Å². The second kappa shape index (κ2) is 4.35. The summed E-state index contributed by atoms with van der Waals surface area (Å²) in [5.74, 6) is 0.653. The first-order chi connectivity index (χ1) is 7.70. The van der Waals surface area contributed by atoms with Gasteiger partial charge < -0.3 is 9.64 Å². The molecule has 0 aromatic heterocycles. The Morgan fingerprint density at radius 2 is 1.88 bits per heavy atom. The topological polar surface area (TPSA) is 46.6 Å². The highest BCUT2D eigenvalue weighted by Crippen LogP contribution is 2.22. The fraction of sp³-hybridized carbons (Fsp3) is 0.333. The van der Waals surface area contributed by atoms with Crippen molar-refractivity contribution in [2.75, 3.05) is 18.6 Å². The average molecular weight is 219 g/mol. The molecule has 0 unspecified atom stereocenters. The molecule has 1 amide bonds. The van der Waals surface area contributed by atoms with Gasteiger partial charge in [0.15, 0.2) is 0 Å². The molecule has 0 saturated carbocycles. The molecule has 1 aromatic rings. The van der Waals surface area contributed by atoms with Crippen molar-refractivity contribution in [3.8, 4) is 5.75 Å². The van der Waals surface area contributed by atoms with Crippen LogP contribution in [0.25, 0.3) is 0 Å². The van der Waals surface area contributed by atoms with Crippen LogP contribution in [-0.4, -0.2) is 25.3 Å². The van der Waals surface area contributed by atoms with E-state index in [-0.39, 0.29) is 18.1 Å². The zero-order valence-electron chi connectivity index (χ0n) is 9.10. The second-order valence-electron chi connectivity index (χ2n) is 3.71. The van der Waals surface area contributed by atoms with Crippen molar-refractivity contribution < 1.29 is 14.3 Å². The number of methoxy groups -OCH3 is 1. The van der Waals surface area contributed by atoms with Gasteiger partial charge in [0, 0.05) is 18.7 Å². The van der Waals surface area contributed by atoms with Gasteiger partial charge in [-0.2, -0.15) is 0 Å². The van der Waals surface area contributed by atoms with Crippen LogP contribution in [0.15, 0.2) is 24.3 Å². The Morgan fingerprint density at radius 3 is 2.44 bits per heavy atom. The van der Waals surface area contributed by atoms with Crippen LogP contribution >= 0.6 is 0 Å². The molecule has 0 aliphatic carbocycles. The van der Waals surface area contributed by atoms with E-state index in [0.29, 0.717) is 13.0 Å². The number of hydrogen-bond acceptors (Lipinski definition) is 3. The third-order valence-corrected chi connectivity index (χ3v) is 2.65. The van der Waals surface area contributed by atoms with E-state index in [0.717, 1.165) is 11.4 Å². The predicted octanol–water partition coefficient (Wildman–Crippen LogP) is 1.39. The van der Waals surface area contributed by atoms with Gasteiger partial charge in [-0.05, 0) is 24.3 Å². The SMILES string of the molecule is COc1ccc(N2CCC(=O)CC2=O)cc1. The van der Waals surface area contributed by atoms with Crippen molar-refractivity contribution >= 4 is 17.4 Å². The Bertz CT molecular complexity index is 411. The van der Waals surface area contributed by atoms with Gasteiger partial charge in [-0.15, -0.1) is 0 Å². The summed E-state index contributed by atoms with van der Waals surface area (Å²) < 4.78 is 5.04. The predicted molar refractivity (Wildman–Crippen MR) is 59.6 cm³/mol. The standard InChI is InChI=1S/C12H13NO3/c1-16-11-4-2-9(3-5-11)13-7-6-10(14)8-12(13)15/h2-5H,6-8H2,1H3. The number of amides is 1. The van der Waals surface area contributed by atoms with E-state index in [2.05, 4.69) is 0 Å². The number of ether oxygens (including phenoxy) is 1. The maximum atomic E-state index is 11.6. The van der Waals surface area contributed by atoms with Gasteiger partial charge in [0.25, 0.3) is 0 Å². The molecule has 0 radical (unpaired) electrons. The summed E-state index contributed by atoms with van der Waals surface area (Å²) in [6.45, 7) is 0.476. The minimum atomic E-state index is -0.124. The minimum absolute atomic E-state index is 0.0199. The van der Waals surface area contributed by atoms with Crippen LogP contribution in [0.5, 0.6) is 5.75 Å². The molecule has 0 atom stereocenters. The van der Waals surface area contributed by atoms with Gasteiger partial charge in [-0.1, -0.05) is 0 Å². The Hall–Kier alpha value is -1.84. The van der Waals surface area contributed by atoms with Gasteiger partial charge in [0.2, 0.25) is 5.91 Å². The smallest absolute Gasteiger partial charge is 0.234 e. The number of carbonyl (C=O) groups excluding carboxylic acids is 2. The largest absolute Gasteiger partial charge is 0.497 e. The summed E-state index contributed by atoms with van der Waals surface area (Å²) in [5, 5.41) is 0. The van der Waals surface area contributed by atoms with Crippen LogP contribution < -0.4 is 9.64 Å². The molecule has 0 N–H and O–H groups in total. The zero-order chi connectivity index (χ0) is 11.5. The van der Waals surface area contributed by atoms with E-state index < -0.39 is 0 Å². The number of Topliss-reactive ketones (excluding diaryl/α,β-unsaturated/α-hetero) is 1. The summed E-state index contributed by atoms with van der Waals surface area (Å²) in [7, 11) is 1.60. The molecular formula is C12H13NO3. The van der Waals surface area contributed by atoms with Crippen LogP contribution in [0, 0.1) is 0 Å². The van der Waals surface area contributed by atoms with Crippen LogP contribution in [0.2, 0.25) is 0 Å². The fourth-order valence-corrected chi connectivity index (χ4v) is 1.75. The van der Waals surface area contributed by atoms with Crippen molar-refractivity contribution in [1.82, 2.24) is 0 Å². The number of rotatable bonds is 2. The molecule has 0 spiro atoms. The van der Waals surface area contributed by atoms with Crippen molar-refractivity contribution in [2.45, 2.75) is 12.8 Å². The second-order valence-corrected chi connectivity index (χ2v) is 3.71. The molecular weight excluding hydrogens is 206 g/mol. The molecule has 1 fully saturated rings. The monoisotopic (exact) mass is 219 g/mol. The number of anilines is 1. The first-order valence-electron chi connectivity index (χ1n) is 5.17. The maximum absolute atomic E-state index is 11.6. The summed E-state index contributed by atoms with van der Waals surface area (Å²) in [5.41, 5.74) is 0.818. The van der Waals surface area contributed by atoms with Gasteiger partial charge >= 0.3 is 0 Å². The minimum Gasteiger partial charge on any atom is -0.497 e. The summed E-state index contributed by atoms with van der Waals surface area (Å²) in [4.78, 5) is 24.4. The van der Waals surface area contributed by atoms with Crippen molar-refractivity contribution in [1.29, 1.82) is 0 Å². The molecule has 1 heterocycles. The lowest BCUT2D eigenvalue weighted by Gasteiger charge is -2.26. The number of benzene rings is 1. The Morgan fingerprint density at radius 1 is 1.19 bits per heavy atom. The third kappa shape index (κ3) is 2.05. The number of ketones is 1. The Kier molecular flexibility index (Phi) is 2.90. The van der Waals surface area contributed by atoms with Crippen LogP contribution in [0.3, 0.4) is 0 Å². The van der Waals surface area contributed by atoms with Gasteiger partial charge in [0.05, 0.1) is 13.5 Å². The summed E-state index contributed by atoms with van der Waals surface area (Å²) in [6, 6.07) is 7.26. The highest BCUT2D eigenvalue weighted by Gasteiger charge is 2.24. The molecule has 4 nitrogen and oxygen atoms in total. The Balaban J connectivity index is 2.17. The molecule has 1 aromatic carbocycles. The van der Waals surface area contributed by atoms with Gasteiger partial charge in [-0.25, -0.2) is 0 Å². The van der Waals surface area contributed by atoms with E-state index in [1.807, 2.05) is 12.1 Å². The lowest BCUT2D eigenvalue weighted by Crippen LogP contribution is -2.38. The highest BCUT2D eigenvalue weighted by molar-refractivity contribution is 6.08. The molecule has 84 valence electrons. The number of hydrogen-bond donors (Lipinski definition) is 0. The number of nitrogens with zero attached hydrogens (tertiary/aromatic N) is 1. The first-order valence-corrected chi connectivity index (χ1v) is 5.17.